The van der Waals surface area contributed by atoms with Gasteiger partial charge in [-0.25, -0.2) is 0 Å². The lowest BCUT2D eigenvalue weighted by Crippen LogP contribution is -1.92. The first-order valence-corrected chi connectivity index (χ1v) is 4.02. The molecule has 66 valence electrons. The Labute approximate surface area is 74.5 Å². The maximum atomic E-state index is 10.7. The first-order valence-electron chi connectivity index (χ1n) is 4.02. The first kappa shape index (κ1) is 10.9. The highest BCUT2D eigenvalue weighted by Gasteiger charge is 1.97. The van der Waals surface area contributed by atoms with E-state index < -0.39 is 0 Å². The SMILES string of the molecule is C=C(/C=C\C(=C)C(C)C)C(C)=O. The number of allylic oxidation sites excluding steroid dienone is 4. The van der Waals surface area contributed by atoms with Crippen LogP contribution in [0.1, 0.15) is 20.8 Å². The highest BCUT2D eigenvalue weighted by atomic mass is 16.1. The van der Waals surface area contributed by atoms with Crippen LogP contribution in [0.4, 0.5) is 0 Å². The Morgan fingerprint density at radius 1 is 1.25 bits per heavy atom. The zero-order valence-electron chi connectivity index (χ0n) is 8.05. The van der Waals surface area contributed by atoms with Crippen LogP contribution in [0.5, 0.6) is 0 Å². The van der Waals surface area contributed by atoms with E-state index >= 15 is 0 Å². The van der Waals surface area contributed by atoms with Crippen LogP contribution in [0.25, 0.3) is 0 Å². The maximum absolute atomic E-state index is 10.7. The summed E-state index contributed by atoms with van der Waals surface area (Å²) in [7, 11) is 0. The molecule has 0 aliphatic heterocycles. The van der Waals surface area contributed by atoms with Gasteiger partial charge in [-0.3, -0.25) is 4.79 Å². The van der Waals surface area contributed by atoms with Gasteiger partial charge in [-0.1, -0.05) is 44.7 Å². The molecule has 0 aromatic carbocycles. The van der Waals surface area contributed by atoms with E-state index in [-0.39, 0.29) is 5.78 Å². The zero-order chi connectivity index (χ0) is 9.72. The Morgan fingerprint density at radius 3 is 2.08 bits per heavy atom. The third-order valence-corrected chi connectivity index (χ3v) is 1.69. The van der Waals surface area contributed by atoms with Gasteiger partial charge < -0.3 is 0 Å². The molecule has 1 heteroatoms. The van der Waals surface area contributed by atoms with E-state index in [9.17, 15) is 4.79 Å². The van der Waals surface area contributed by atoms with Gasteiger partial charge in [0, 0.05) is 5.57 Å². The fourth-order valence-corrected chi connectivity index (χ4v) is 0.517. The molecule has 0 spiro atoms. The van der Waals surface area contributed by atoms with Gasteiger partial charge in [0.15, 0.2) is 5.78 Å². The van der Waals surface area contributed by atoms with E-state index in [1.807, 2.05) is 6.08 Å². The highest BCUT2D eigenvalue weighted by molar-refractivity contribution is 5.95. The number of carbonyl (C=O) groups excluding carboxylic acids is 1. The molecule has 0 amide bonds. The predicted molar refractivity (Wildman–Crippen MR) is 52.9 cm³/mol. The van der Waals surface area contributed by atoms with Crippen molar-refractivity contribution in [2.45, 2.75) is 20.8 Å². The van der Waals surface area contributed by atoms with Gasteiger partial charge in [-0.15, -0.1) is 0 Å². The van der Waals surface area contributed by atoms with Gasteiger partial charge in [-0.2, -0.15) is 0 Å². The van der Waals surface area contributed by atoms with E-state index in [1.165, 1.54) is 6.92 Å². The van der Waals surface area contributed by atoms with Crippen LogP contribution in [-0.2, 0) is 4.79 Å². The molecule has 1 nitrogen and oxygen atoms in total. The van der Waals surface area contributed by atoms with Crippen molar-refractivity contribution in [3.8, 4) is 0 Å². The van der Waals surface area contributed by atoms with Gasteiger partial charge in [0.2, 0.25) is 0 Å². The van der Waals surface area contributed by atoms with Gasteiger partial charge in [-0.05, 0) is 12.8 Å². The Kier molecular flexibility index (Phi) is 4.27. The van der Waals surface area contributed by atoms with E-state index in [2.05, 4.69) is 27.0 Å². The lowest BCUT2D eigenvalue weighted by molar-refractivity contribution is -0.113. The standard InChI is InChI=1S/C11H16O/c1-8(2)9(3)6-7-10(4)11(5)12/h6-8H,3-4H2,1-2,5H3/b7-6-. The normalized spacial score (nSPS) is 10.7. The summed E-state index contributed by atoms with van der Waals surface area (Å²) >= 11 is 0. The summed E-state index contributed by atoms with van der Waals surface area (Å²) in [6.45, 7) is 13.1. The van der Waals surface area contributed by atoms with Crippen molar-refractivity contribution < 1.29 is 4.79 Å². The summed E-state index contributed by atoms with van der Waals surface area (Å²) in [6, 6.07) is 0. The molecule has 0 fully saturated rings. The quantitative estimate of drug-likeness (QED) is 0.461. The average Bonchev–Trinajstić information content (AvgIpc) is 1.98. The van der Waals surface area contributed by atoms with Crippen LogP contribution >= 0.6 is 0 Å². The summed E-state index contributed by atoms with van der Waals surface area (Å²) in [6.07, 6.45) is 3.55. The lowest BCUT2D eigenvalue weighted by Gasteiger charge is -2.02. The first-order chi connectivity index (χ1) is 5.45. The van der Waals surface area contributed by atoms with Gasteiger partial charge in [0.1, 0.15) is 0 Å². The summed E-state index contributed by atoms with van der Waals surface area (Å²) < 4.78 is 0. The Balaban J connectivity index is 4.17. The number of Topliss-reactive ketones (excluding diaryl/α,β-unsaturated/α-hetero) is 1. The minimum Gasteiger partial charge on any atom is -0.295 e. The molecule has 0 N–H and O–H groups in total. The zero-order valence-corrected chi connectivity index (χ0v) is 8.05. The van der Waals surface area contributed by atoms with Gasteiger partial charge >= 0.3 is 0 Å². The Morgan fingerprint density at radius 2 is 1.75 bits per heavy atom. The molecular weight excluding hydrogens is 148 g/mol. The number of ketones is 1. The average molecular weight is 164 g/mol. The summed E-state index contributed by atoms with van der Waals surface area (Å²) in [5.74, 6) is 0.420. The van der Waals surface area contributed by atoms with Crippen LogP contribution in [0, 0.1) is 5.92 Å². The molecule has 0 unspecified atom stereocenters. The third-order valence-electron chi connectivity index (χ3n) is 1.69. The Hall–Kier alpha value is -1.11. The van der Waals surface area contributed by atoms with Crippen molar-refractivity contribution in [2.24, 2.45) is 5.92 Å². The van der Waals surface area contributed by atoms with Gasteiger partial charge in [0.05, 0.1) is 0 Å². The molecule has 0 saturated heterocycles. The molecule has 0 radical (unpaired) electrons. The van der Waals surface area contributed by atoms with Crippen molar-refractivity contribution in [3.05, 3.63) is 36.5 Å². The molecule has 0 saturated carbocycles. The van der Waals surface area contributed by atoms with E-state index in [4.69, 9.17) is 0 Å². The molecule has 0 aliphatic rings. The molecule has 12 heavy (non-hydrogen) atoms. The third kappa shape index (κ3) is 3.91. The Bertz CT molecular complexity index is 231. The smallest absolute Gasteiger partial charge is 0.159 e. The summed E-state index contributed by atoms with van der Waals surface area (Å²) in [5.41, 5.74) is 1.54. The monoisotopic (exact) mass is 164 g/mol. The van der Waals surface area contributed by atoms with E-state index in [1.54, 1.807) is 6.08 Å². The van der Waals surface area contributed by atoms with Crippen molar-refractivity contribution >= 4 is 5.78 Å². The minimum atomic E-state index is 0.00260. The van der Waals surface area contributed by atoms with Crippen LogP contribution in [0.3, 0.4) is 0 Å². The fraction of sp³-hybridized carbons (Fsp3) is 0.364. The number of carbonyl (C=O) groups is 1. The molecule has 0 aromatic heterocycles. The van der Waals surface area contributed by atoms with Crippen LogP contribution in [0.15, 0.2) is 36.5 Å². The topological polar surface area (TPSA) is 17.1 Å². The summed E-state index contributed by atoms with van der Waals surface area (Å²) in [5, 5.41) is 0. The molecule has 0 atom stereocenters. The highest BCUT2D eigenvalue weighted by Crippen LogP contribution is 2.09. The molecule has 0 heterocycles. The minimum absolute atomic E-state index is 0.00260. The molecule has 0 aromatic rings. The molecule has 0 aliphatic carbocycles. The van der Waals surface area contributed by atoms with Crippen molar-refractivity contribution in [3.63, 3.8) is 0 Å². The van der Waals surface area contributed by atoms with E-state index in [0.29, 0.717) is 11.5 Å². The molecule has 0 bridgehead atoms. The van der Waals surface area contributed by atoms with E-state index in [0.717, 1.165) is 5.57 Å². The predicted octanol–water partition coefficient (Wildman–Crippen LogP) is 2.90. The van der Waals surface area contributed by atoms with Crippen molar-refractivity contribution in [2.75, 3.05) is 0 Å². The summed E-state index contributed by atoms with van der Waals surface area (Å²) in [4.78, 5) is 10.7. The number of hydrogen-bond donors (Lipinski definition) is 0. The number of rotatable bonds is 4. The molecular formula is C11H16O. The second-order valence-corrected chi connectivity index (χ2v) is 3.14. The number of hydrogen-bond acceptors (Lipinski definition) is 1. The van der Waals surface area contributed by atoms with Crippen LogP contribution in [0.2, 0.25) is 0 Å². The van der Waals surface area contributed by atoms with Crippen molar-refractivity contribution in [1.29, 1.82) is 0 Å². The fourth-order valence-electron chi connectivity index (χ4n) is 0.517. The van der Waals surface area contributed by atoms with Crippen molar-refractivity contribution in [1.82, 2.24) is 0 Å². The lowest BCUT2D eigenvalue weighted by atomic mass is 10.0. The largest absolute Gasteiger partial charge is 0.295 e. The molecule has 0 rings (SSSR count). The van der Waals surface area contributed by atoms with Crippen LogP contribution in [-0.4, -0.2) is 5.78 Å². The van der Waals surface area contributed by atoms with Crippen LogP contribution < -0.4 is 0 Å². The second-order valence-electron chi connectivity index (χ2n) is 3.14. The maximum Gasteiger partial charge on any atom is 0.159 e. The second kappa shape index (κ2) is 4.70. The van der Waals surface area contributed by atoms with Gasteiger partial charge in [0.25, 0.3) is 0 Å².